The zero-order valence-corrected chi connectivity index (χ0v) is 46.3. The average Bonchev–Trinajstić information content (AvgIpc) is 3.28. The summed E-state index contributed by atoms with van der Waals surface area (Å²) in [6, 6.07) is -0.877. The fourth-order valence-corrected chi connectivity index (χ4v) is 9.42. The van der Waals surface area contributed by atoms with E-state index in [4.69, 9.17) is 13.8 Å². The van der Waals surface area contributed by atoms with Crippen LogP contribution in [0.4, 0.5) is 0 Å². The maximum Gasteiger partial charge on any atom is 0.306 e. The lowest BCUT2D eigenvalue weighted by molar-refractivity contribution is -0.870. The molecule has 0 heterocycles. The molecule has 0 saturated heterocycles. The molecule has 0 aliphatic rings. The lowest BCUT2D eigenvalue weighted by atomic mass is 10.0. The number of phosphoric ester groups is 1. The molecule has 67 heavy (non-hydrogen) atoms. The van der Waals surface area contributed by atoms with E-state index in [1.165, 1.54) is 199 Å². The quantitative estimate of drug-likeness (QED) is 0.0212. The van der Waals surface area contributed by atoms with Gasteiger partial charge in [-0.25, -0.2) is 0 Å². The smallest absolute Gasteiger partial charge is 0.306 e. The monoisotopic (exact) mass is 969 g/mol. The van der Waals surface area contributed by atoms with Crippen molar-refractivity contribution in [1.29, 1.82) is 0 Å². The molecule has 0 rings (SSSR count). The molecule has 0 bridgehead atoms. The minimum atomic E-state index is -4.68. The van der Waals surface area contributed by atoms with Crippen LogP contribution in [0.15, 0.2) is 12.2 Å². The fourth-order valence-electron chi connectivity index (χ4n) is 8.70. The van der Waals surface area contributed by atoms with Crippen LogP contribution in [0.1, 0.15) is 290 Å². The lowest BCUT2D eigenvalue weighted by Gasteiger charge is -2.30. The molecule has 3 atom stereocenters. The molecule has 9 nitrogen and oxygen atoms in total. The van der Waals surface area contributed by atoms with Gasteiger partial charge in [0, 0.05) is 12.8 Å². The van der Waals surface area contributed by atoms with E-state index in [9.17, 15) is 19.0 Å². The summed E-state index contributed by atoms with van der Waals surface area (Å²) in [4.78, 5) is 39.8. The number of ether oxygens (including phenoxy) is 1. The molecule has 0 saturated carbocycles. The summed E-state index contributed by atoms with van der Waals surface area (Å²) in [7, 11) is 1.20. The Balaban J connectivity index is 5.27. The minimum Gasteiger partial charge on any atom is -0.756 e. The van der Waals surface area contributed by atoms with Gasteiger partial charge in [0.15, 0.2) is 0 Å². The molecular weight excluding hydrogens is 856 g/mol. The number of rotatable bonds is 53. The Kier molecular flexibility index (Phi) is 47.5. The molecule has 398 valence electrons. The summed E-state index contributed by atoms with van der Waals surface area (Å²) in [6.45, 7) is 6.87. The Bertz CT molecular complexity index is 1160. The van der Waals surface area contributed by atoms with Gasteiger partial charge in [0.2, 0.25) is 5.91 Å². The Morgan fingerprint density at radius 1 is 0.507 bits per heavy atom. The minimum absolute atomic E-state index is 0.0171. The Hall–Kier alpha value is -1.25. The molecule has 10 heteroatoms. The number of nitrogens with one attached hydrogen (secondary N) is 1. The van der Waals surface area contributed by atoms with E-state index in [2.05, 4.69) is 26.1 Å². The van der Waals surface area contributed by atoms with Crippen LogP contribution in [0.25, 0.3) is 0 Å². The van der Waals surface area contributed by atoms with Crippen LogP contribution >= 0.6 is 7.82 Å². The first-order valence-electron chi connectivity index (χ1n) is 29.0. The zero-order valence-electron chi connectivity index (χ0n) is 45.4. The van der Waals surface area contributed by atoms with Crippen molar-refractivity contribution in [2.45, 2.75) is 303 Å². The van der Waals surface area contributed by atoms with Crippen LogP contribution in [-0.4, -0.2) is 69.4 Å². The van der Waals surface area contributed by atoms with Crippen molar-refractivity contribution in [1.82, 2.24) is 5.32 Å². The molecule has 1 N–H and O–H groups in total. The van der Waals surface area contributed by atoms with Gasteiger partial charge in [-0.05, 0) is 31.8 Å². The summed E-state index contributed by atoms with van der Waals surface area (Å²) < 4.78 is 30.2. The van der Waals surface area contributed by atoms with Crippen molar-refractivity contribution in [3.63, 3.8) is 0 Å². The van der Waals surface area contributed by atoms with Crippen molar-refractivity contribution in [3.05, 3.63) is 12.2 Å². The standard InChI is InChI=1S/C57H113N2O7P/c1-7-10-13-16-19-22-25-27-29-30-31-34-37-40-43-46-49-56(60)58-54(53-65-67(62,63)64-52-51-59(4,5)6)55(48-45-42-39-36-33-24-21-18-15-12-9-3)66-57(61)50-47-44-41-38-35-32-28-26-23-20-17-14-11-8-2/h45,48,54-55H,7-44,46-47,49-53H2,1-6H3,(H-,58,60,62,63)/b48-45+. The largest absolute Gasteiger partial charge is 0.756 e. The summed E-state index contributed by atoms with van der Waals surface area (Å²) in [5, 5.41) is 3.03. The molecule has 0 radical (unpaired) electrons. The van der Waals surface area contributed by atoms with E-state index < -0.39 is 20.0 Å². The summed E-state index contributed by atoms with van der Waals surface area (Å²) in [5.41, 5.74) is 0. The maximum atomic E-state index is 13.5. The Morgan fingerprint density at radius 3 is 1.22 bits per heavy atom. The molecular formula is C57H113N2O7P. The lowest BCUT2D eigenvalue weighted by Crippen LogP contribution is -2.47. The van der Waals surface area contributed by atoms with E-state index in [-0.39, 0.29) is 31.5 Å². The second kappa shape index (κ2) is 48.4. The third kappa shape index (κ3) is 49.5. The highest BCUT2D eigenvalue weighted by Crippen LogP contribution is 2.38. The summed E-state index contributed by atoms with van der Waals surface area (Å²) in [5.74, 6) is -0.524. The number of unbranched alkanes of at least 4 members (excludes halogenated alkanes) is 37. The third-order valence-electron chi connectivity index (χ3n) is 13.2. The zero-order chi connectivity index (χ0) is 49.4. The maximum absolute atomic E-state index is 13.5. The van der Waals surface area contributed by atoms with Gasteiger partial charge in [-0.15, -0.1) is 0 Å². The van der Waals surface area contributed by atoms with Crippen molar-refractivity contribution >= 4 is 19.7 Å². The predicted molar refractivity (Wildman–Crippen MR) is 284 cm³/mol. The molecule has 0 aromatic rings. The molecule has 0 aromatic carbocycles. The normalized spacial score (nSPS) is 13.8. The molecule has 3 unspecified atom stereocenters. The van der Waals surface area contributed by atoms with E-state index in [1.807, 2.05) is 33.3 Å². The number of quaternary nitrogens is 1. The van der Waals surface area contributed by atoms with Crippen LogP contribution in [0, 0.1) is 0 Å². The fraction of sp³-hybridized carbons (Fsp3) is 0.930. The summed E-state index contributed by atoms with van der Waals surface area (Å²) in [6.07, 6.45) is 53.1. The Morgan fingerprint density at radius 2 is 0.851 bits per heavy atom. The van der Waals surface area contributed by atoms with Gasteiger partial charge >= 0.3 is 5.97 Å². The predicted octanol–water partition coefficient (Wildman–Crippen LogP) is 16.6. The van der Waals surface area contributed by atoms with Crippen molar-refractivity contribution < 1.29 is 37.3 Å². The highest BCUT2D eigenvalue weighted by molar-refractivity contribution is 7.45. The SMILES string of the molecule is CCCCCCCCCCC/C=C/C(OC(=O)CCCCCCCCCCCCCCCC)C(COP(=O)([O-])OCC[N+](C)(C)C)NC(=O)CCCCCCCCCCCCCCCCCC. The second-order valence-electron chi connectivity index (χ2n) is 21.2. The molecule has 0 aliphatic carbocycles. The number of carbonyl (C=O) groups is 2. The highest BCUT2D eigenvalue weighted by Gasteiger charge is 2.27. The van der Waals surface area contributed by atoms with E-state index in [1.54, 1.807) is 0 Å². The molecule has 0 spiro atoms. The Labute approximate surface area is 416 Å². The number of allylic oxidation sites excluding steroid dienone is 1. The van der Waals surface area contributed by atoms with Crippen LogP contribution in [0.5, 0.6) is 0 Å². The van der Waals surface area contributed by atoms with Gasteiger partial charge in [0.05, 0.1) is 33.8 Å². The van der Waals surface area contributed by atoms with Gasteiger partial charge < -0.3 is 28.5 Å². The molecule has 0 fully saturated rings. The van der Waals surface area contributed by atoms with Gasteiger partial charge in [-0.3, -0.25) is 14.2 Å². The van der Waals surface area contributed by atoms with Crippen LogP contribution in [0.2, 0.25) is 0 Å². The number of phosphoric acid groups is 1. The molecule has 0 aliphatic heterocycles. The molecule has 1 amide bonds. The van der Waals surface area contributed by atoms with Crippen LogP contribution in [0.3, 0.4) is 0 Å². The first-order chi connectivity index (χ1) is 32.4. The number of hydrogen-bond acceptors (Lipinski definition) is 7. The number of amides is 1. The van der Waals surface area contributed by atoms with E-state index >= 15 is 0 Å². The first-order valence-corrected chi connectivity index (χ1v) is 30.5. The van der Waals surface area contributed by atoms with Gasteiger partial charge in [0.1, 0.15) is 19.3 Å². The van der Waals surface area contributed by atoms with Crippen LogP contribution < -0.4 is 10.2 Å². The summed E-state index contributed by atoms with van der Waals surface area (Å²) >= 11 is 0. The second-order valence-corrected chi connectivity index (χ2v) is 22.6. The van der Waals surface area contributed by atoms with Gasteiger partial charge in [0.25, 0.3) is 7.82 Å². The number of hydrogen-bond donors (Lipinski definition) is 1. The van der Waals surface area contributed by atoms with Crippen molar-refractivity contribution in [2.75, 3.05) is 40.9 Å². The number of carbonyl (C=O) groups excluding carboxylic acids is 2. The third-order valence-corrected chi connectivity index (χ3v) is 14.2. The number of esters is 1. The van der Waals surface area contributed by atoms with Crippen LogP contribution in [-0.2, 0) is 27.9 Å². The first kappa shape index (κ1) is 65.8. The average molecular weight is 970 g/mol. The van der Waals surface area contributed by atoms with E-state index in [0.29, 0.717) is 17.4 Å². The highest BCUT2D eigenvalue weighted by atomic mass is 31.2. The number of nitrogens with zero attached hydrogens (tertiary/aromatic N) is 1. The number of likely N-dealkylation sites (N-methyl/N-ethyl adjacent to an activating group) is 1. The van der Waals surface area contributed by atoms with Crippen molar-refractivity contribution in [3.8, 4) is 0 Å². The topological polar surface area (TPSA) is 114 Å². The van der Waals surface area contributed by atoms with Crippen molar-refractivity contribution in [2.24, 2.45) is 0 Å². The van der Waals surface area contributed by atoms with Gasteiger partial charge in [-0.1, -0.05) is 258 Å². The van der Waals surface area contributed by atoms with E-state index in [0.717, 1.165) is 57.8 Å². The van der Waals surface area contributed by atoms with Gasteiger partial charge in [-0.2, -0.15) is 0 Å². The molecule has 0 aromatic heterocycles.